The third kappa shape index (κ3) is 4.40. The van der Waals surface area contributed by atoms with Crippen molar-refractivity contribution in [2.24, 2.45) is 0 Å². The number of benzene rings is 1. The molecule has 7 nitrogen and oxygen atoms in total. The van der Waals surface area contributed by atoms with Gasteiger partial charge < -0.3 is 14.5 Å². The molecule has 7 heteroatoms. The van der Waals surface area contributed by atoms with Gasteiger partial charge in [0.05, 0.1) is 12.6 Å². The van der Waals surface area contributed by atoms with Crippen LogP contribution < -0.4 is 4.90 Å². The van der Waals surface area contributed by atoms with Gasteiger partial charge in [0.1, 0.15) is 19.7 Å². The molecule has 3 amide bonds. The van der Waals surface area contributed by atoms with Crippen LogP contribution in [0.2, 0.25) is 0 Å². The van der Waals surface area contributed by atoms with Gasteiger partial charge in [0.15, 0.2) is 0 Å². The topological polar surface area (TPSA) is 70.2 Å². The fourth-order valence-electron chi connectivity index (χ4n) is 3.62. The summed E-state index contributed by atoms with van der Waals surface area (Å²) in [6, 6.07) is 7.81. The Morgan fingerprint density at radius 3 is 2.78 bits per heavy atom. The third-order valence-electron chi connectivity index (χ3n) is 5.14. The molecule has 3 rings (SSSR count). The molecule has 2 aliphatic heterocycles. The molecule has 0 unspecified atom stereocenters. The lowest BCUT2D eigenvalue weighted by molar-refractivity contribution is -0.140. The van der Waals surface area contributed by atoms with Gasteiger partial charge in [-0.25, -0.2) is 4.79 Å². The van der Waals surface area contributed by atoms with Crippen molar-refractivity contribution in [3.8, 4) is 0 Å². The second-order valence-corrected chi connectivity index (χ2v) is 7.20. The summed E-state index contributed by atoms with van der Waals surface area (Å²) in [5, 5.41) is 0. The maximum absolute atomic E-state index is 12.8. The first-order valence-electron chi connectivity index (χ1n) is 9.57. The summed E-state index contributed by atoms with van der Waals surface area (Å²) in [4.78, 5) is 42.1. The van der Waals surface area contributed by atoms with Gasteiger partial charge in [0.25, 0.3) is 0 Å². The van der Waals surface area contributed by atoms with Crippen LogP contribution in [0.4, 0.5) is 10.5 Å². The van der Waals surface area contributed by atoms with Gasteiger partial charge in [0.2, 0.25) is 11.8 Å². The van der Waals surface area contributed by atoms with E-state index in [9.17, 15) is 14.4 Å². The number of nitrogens with zero attached hydrogens (tertiary/aromatic N) is 3. The molecule has 1 aromatic rings. The van der Waals surface area contributed by atoms with Crippen molar-refractivity contribution in [3.63, 3.8) is 0 Å². The Hall–Kier alpha value is -2.57. The molecule has 1 aromatic carbocycles. The Morgan fingerprint density at radius 2 is 2.11 bits per heavy atom. The molecule has 0 radical (unpaired) electrons. The molecule has 2 heterocycles. The number of piperazine rings is 1. The number of anilines is 1. The Balaban J connectivity index is 1.75. The summed E-state index contributed by atoms with van der Waals surface area (Å²) in [7, 11) is 0. The molecule has 0 aromatic heterocycles. The molecule has 0 spiro atoms. The third-order valence-corrected chi connectivity index (χ3v) is 5.14. The first-order valence-corrected chi connectivity index (χ1v) is 9.57. The Kier molecular flexibility index (Phi) is 5.98. The first-order chi connectivity index (χ1) is 13.0. The minimum Gasteiger partial charge on any atom is -0.448 e. The summed E-state index contributed by atoms with van der Waals surface area (Å²) in [5.74, 6) is -0.280. The van der Waals surface area contributed by atoms with Gasteiger partial charge in [-0.1, -0.05) is 31.9 Å². The van der Waals surface area contributed by atoms with Gasteiger partial charge in [-0.05, 0) is 31.0 Å². The average molecular weight is 373 g/mol. The lowest BCUT2D eigenvalue weighted by Crippen LogP contribution is -2.59. The van der Waals surface area contributed by atoms with E-state index in [1.54, 1.807) is 9.80 Å². The van der Waals surface area contributed by atoms with Crippen LogP contribution in [0.15, 0.2) is 24.3 Å². The molecule has 2 aliphatic rings. The molecule has 0 aliphatic carbocycles. The first kappa shape index (κ1) is 19.2. The molecule has 2 fully saturated rings. The second kappa shape index (κ2) is 8.41. The van der Waals surface area contributed by atoms with Crippen LogP contribution in [0.25, 0.3) is 0 Å². The molecule has 0 bridgehead atoms. The lowest BCUT2D eigenvalue weighted by Gasteiger charge is -2.41. The maximum atomic E-state index is 12.8. The molecule has 0 N–H and O–H groups in total. The Bertz CT molecular complexity index is 721. The lowest BCUT2D eigenvalue weighted by atomic mass is 10.0. The van der Waals surface area contributed by atoms with Gasteiger partial charge in [-0.15, -0.1) is 0 Å². The number of rotatable bonds is 6. The highest BCUT2D eigenvalue weighted by Crippen LogP contribution is 2.24. The highest BCUT2D eigenvalue weighted by Gasteiger charge is 2.37. The van der Waals surface area contributed by atoms with E-state index < -0.39 is 6.09 Å². The predicted molar refractivity (Wildman–Crippen MR) is 101 cm³/mol. The van der Waals surface area contributed by atoms with Crippen molar-refractivity contribution in [2.75, 3.05) is 37.7 Å². The van der Waals surface area contributed by atoms with Gasteiger partial charge in [0, 0.05) is 12.2 Å². The predicted octanol–water partition coefficient (Wildman–Crippen LogP) is 2.18. The molecule has 27 heavy (non-hydrogen) atoms. The van der Waals surface area contributed by atoms with Crippen LogP contribution in [0, 0.1) is 6.92 Å². The van der Waals surface area contributed by atoms with E-state index in [2.05, 4.69) is 6.92 Å². The summed E-state index contributed by atoms with van der Waals surface area (Å²) in [6.45, 7) is 5.34. The number of carbonyl (C=O) groups excluding carboxylic acids is 3. The zero-order valence-electron chi connectivity index (χ0n) is 16.0. The fourth-order valence-corrected chi connectivity index (χ4v) is 3.62. The zero-order valence-corrected chi connectivity index (χ0v) is 16.0. The number of aryl methyl sites for hydroxylation is 1. The Labute approximate surface area is 159 Å². The summed E-state index contributed by atoms with van der Waals surface area (Å²) in [6.07, 6.45) is 2.38. The van der Waals surface area contributed by atoms with Crippen molar-refractivity contribution < 1.29 is 19.1 Å². The molecule has 0 saturated carbocycles. The zero-order chi connectivity index (χ0) is 19.4. The number of carbonyl (C=O) groups is 3. The van der Waals surface area contributed by atoms with Crippen molar-refractivity contribution in [2.45, 2.75) is 39.2 Å². The van der Waals surface area contributed by atoms with Gasteiger partial charge in [-0.2, -0.15) is 0 Å². The normalized spacial score (nSPS) is 20.2. The number of cyclic esters (lactones) is 1. The van der Waals surface area contributed by atoms with E-state index in [0.29, 0.717) is 19.7 Å². The highest BCUT2D eigenvalue weighted by molar-refractivity contribution is 5.98. The van der Waals surface area contributed by atoms with Crippen molar-refractivity contribution >= 4 is 23.6 Å². The van der Waals surface area contributed by atoms with E-state index in [0.717, 1.165) is 30.5 Å². The van der Waals surface area contributed by atoms with E-state index in [-0.39, 0.29) is 30.9 Å². The maximum Gasteiger partial charge on any atom is 0.410 e. The van der Waals surface area contributed by atoms with E-state index >= 15 is 0 Å². The number of hydrogen-bond donors (Lipinski definition) is 0. The molecular formula is C20H27N3O4. The SMILES string of the molecule is CCCC[C@H]1CN(c2cccc(C)c2)C(=O)CN1C(=O)CN1CCOC1=O. The molecule has 2 saturated heterocycles. The van der Waals surface area contributed by atoms with Gasteiger partial charge in [-0.3, -0.25) is 14.5 Å². The van der Waals surface area contributed by atoms with Crippen molar-refractivity contribution in [1.82, 2.24) is 9.80 Å². The standard InChI is InChI=1S/C20H27N3O4/c1-3-4-7-17-12-22(16-8-5-6-15(2)11-16)19(25)14-23(17)18(24)13-21-9-10-27-20(21)26/h5-6,8,11,17H,3-4,7,9-10,12-14H2,1-2H3/t17-/m0/s1. The quantitative estimate of drug-likeness (QED) is 0.766. The fraction of sp³-hybridized carbons (Fsp3) is 0.550. The molecular weight excluding hydrogens is 346 g/mol. The number of amides is 3. The molecule has 1 atom stereocenters. The van der Waals surface area contributed by atoms with Crippen LogP contribution in [0.5, 0.6) is 0 Å². The highest BCUT2D eigenvalue weighted by atomic mass is 16.6. The smallest absolute Gasteiger partial charge is 0.410 e. The van der Waals surface area contributed by atoms with Crippen LogP contribution in [0.1, 0.15) is 31.7 Å². The average Bonchev–Trinajstić information content (AvgIpc) is 3.05. The van der Waals surface area contributed by atoms with Crippen LogP contribution in [-0.4, -0.2) is 66.5 Å². The van der Waals surface area contributed by atoms with E-state index in [1.165, 1.54) is 4.90 Å². The summed E-state index contributed by atoms with van der Waals surface area (Å²) < 4.78 is 4.89. The molecule has 146 valence electrons. The number of ether oxygens (including phenoxy) is 1. The monoisotopic (exact) mass is 373 g/mol. The number of hydrogen-bond acceptors (Lipinski definition) is 4. The largest absolute Gasteiger partial charge is 0.448 e. The summed E-state index contributed by atoms with van der Waals surface area (Å²) in [5.41, 5.74) is 1.97. The Morgan fingerprint density at radius 1 is 1.30 bits per heavy atom. The number of unbranched alkanes of at least 4 members (excludes halogenated alkanes) is 1. The summed E-state index contributed by atoms with van der Waals surface area (Å²) >= 11 is 0. The van der Waals surface area contributed by atoms with Crippen molar-refractivity contribution in [1.29, 1.82) is 0 Å². The van der Waals surface area contributed by atoms with Gasteiger partial charge >= 0.3 is 6.09 Å². The van der Waals surface area contributed by atoms with Crippen LogP contribution >= 0.6 is 0 Å². The van der Waals surface area contributed by atoms with E-state index in [4.69, 9.17) is 4.74 Å². The second-order valence-electron chi connectivity index (χ2n) is 7.20. The van der Waals surface area contributed by atoms with Crippen LogP contribution in [-0.2, 0) is 14.3 Å². The van der Waals surface area contributed by atoms with Crippen molar-refractivity contribution in [3.05, 3.63) is 29.8 Å². The van der Waals surface area contributed by atoms with Crippen LogP contribution in [0.3, 0.4) is 0 Å². The van der Waals surface area contributed by atoms with E-state index in [1.807, 2.05) is 31.2 Å². The minimum atomic E-state index is -0.460. The minimum absolute atomic E-state index is 0.0286.